The number of nitro groups is 1. The van der Waals surface area contributed by atoms with Crippen molar-refractivity contribution in [2.75, 3.05) is 0 Å². The van der Waals surface area contributed by atoms with Gasteiger partial charge in [0.1, 0.15) is 5.76 Å². The Hall–Kier alpha value is -2.63. The van der Waals surface area contributed by atoms with Crippen LogP contribution in [-0.4, -0.2) is 16.9 Å². The number of nitrogens with one attached hydrogen (secondary N) is 1. The van der Waals surface area contributed by atoms with Crippen LogP contribution in [0, 0.1) is 17.0 Å². The molecule has 24 heavy (non-hydrogen) atoms. The molecular formula is C18H20N2O4. The fraction of sp³-hybridized carbons (Fsp3) is 0.389. The van der Waals surface area contributed by atoms with Crippen LogP contribution in [-0.2, 0) is 0 Å². The molecule has 0 aliphatic heterocycles. The molecule has 3 rings (SSSR count). The molecule has 0 bridgehead atoms. The lowest BCUT2D eigenvalue weighted by Gasteiger charge is -2.22. The molecule has 1 N–H and O–H groups in total. The highest BCUT2D eigenvalue weighted by atomic mass is 16.6. The van der Waals surface area contributed by atoms with E-state index in [2.05, 4.69) is 5.32 Å². The molecule has 0 spiro atoms. The SMILES string of the molecule is Cc1cc(-c2cccc([N+](=O)[O-])c2)oc1C(=O)NC1CCCCC1. The van der Waals surface area contributed by atoms with Gasteiger partial charge in [-0.1, -0.05) is 31.4 Å². The van der Waals surface area contributed by atoms with E-state index in [1.54, 1.807) is 25.1 Å². The molecule has 2 aromatic rings. The van der Waals surface area contributed by atoms with Gasteiger partial charge >= 0.3 is 0 Å². The maximum absolute atomic E-state index is 12.4. The zero-order chi connectivity index (χ0) is 17.1. The number of carbonyl (C=O) groups excluding carboxylic acids is 1. The highest BCUT2D eigenvalue weighted by molar-refractivity contribution is 5.93. The van der Waals surface area contributed by atoms with Crippen molar-refractivity contribution in [2.45, 2.75) is 45.1 Å². The summed E-state index contributed by atoms with van der Waals surface area (Å²) < 4.78 is 5.70. The molecule has 1 aromatic heterocycles. The Labute approximate surface area is 140 Å². The lowest BCUT2D eigenvalue weighted by molar-refractivity contribution is -0.384. The van der Waals surface area contributed by atoms with Crippen molar-refractivity contribution in [2.24, 2.45) is 0 Å². The van der Waals surface area contributed by atoms with Crippen molar-refractivity contribution < 1.29 is 14.1 Å². The molecule has 126 valence electrons. The van der Waals surface area contributed by atoms with Crippen LogP contribution in [0.15, 0.2) is 34.7 Å². The van der Waals surface area contributed by atoms with E-state index in [-0.39, 0.29) is 23.4 Å². The summed E-state index contributed by atoms with van der Waals surface area (Å²) in [7, 11) is 0. The lowest BCUT2D eigenvalue weighted by atomic mass is 9.95. The highest BCUT2D eigenvalue weighted by Gasteiger charge is 2.21. The first-order valence-electron chi connectivity index (χ1n) is 8.21. The zero-order valence-corrected chi connectivity index (χ0v) is 13.6. The second kappa shape index (κ2) is 6.86. The molecule has 6 nitrogen and oxygen atoms in total. The van der Waals surface area contributed by atoms with E-state index in [1.807, 2.05) is 0 Å². The number of nitrogens with zero attached hydrogens (tertiary/aromatic N) is 1. The van der Waals surface area contributed by atoms with Crippen LogP contribution in [0.4, 0.5) is 5.69 Å². The molecule has 1 aliphatic rings. The summed E-state index contributed by atoms with van der Waals surface area (Å²) >= 11 is 0. The molecule has 1 aromatic carbocycles. The number of amides is 1. The van der Waals surface area contributed by atoms with Gasteiger partial charge < -0.3 is 9.73 Å². The molecule has 1 fully saturated rings. The lowest BCUT2D eigenvalue weighted by Crippen LogP contribution is -2.36. The second-order valence-electron chi connectivity index (χ2n) is 6.24. The van der Waals surface area contributed by atoms with Gasteiger partial charge in [0, 0.05) is 29.3 Å². The first-order chi connectivity index (χ1) is 11.5. The standard InChI is InChI=1S/C18H20N2O4/c1-12-10-16(13-6-5-9-15(11-13)20(22)23)24-17(12)18(21)19-14-7-3-2-4-8-14/h5-6,9-11,14H,2-4,7-8H2,1H3,(H,19,21). The van der Waals surface area contributed by atoms with Gasteiger partial charge in [-0.2, -0.15) is 0 Å². The summed E-state index contributed by atoms with van der Waals surface area (Å²) in [4.78, 5) is 22.9. The largest absolute Gasteiger partial charge is 0.451 e. The van der Waals surface area contributed by atoms with Gasteiger partial charge in [-0.25, -0.2) is 0 Å². The van der Waals surface area contributed by atoms with E-state index in [4.69, 9.17) is 4.42 Å². The average molecular weight is 328 g/mol. The van der Waals surface area contributed by atoms with E-state index < -0.39 is 4.92 Å². The number of furan rings is 1. The van der Waals surface area contributed by atoms with Crippen molar-refractivity contribution in [1.82, 2.24) is 5.32 Å². The first kappa shape index (κ1) is 16.2. The first-order valence-corrected chi connectivity index (χ1v) is 8.21. The van der Waals surface area contributed by atoms with Crippen LogP contribution in [0.5, 0.6) is 0 Å². The van der Waals surface area contributed by atoms with Gasteiger partial charge in [-0.15, -0.1) is 0 Å². The number of rotatable bonds is 4. The van der Waals surface area contributed by atoms with Crippen LogP contribution < -0.4 is 5.32 Å². The van der Waals surface area contributed by atoms with Crippen molar-refractivity contribution in [1.29, 1.82) is 0 Å². The summed E-state index contributed by atoms with van der Waals surface area (Å²) in [6.45, 7) is 1.81. The number of non-ortho nitro benzene ring substituents is 1. The van der Waals surface area contributed by atoms with Gasteiger partial charge in [0.2, 0.25) is 0 Å². The van der Waals surface area contributed by atoms with Gasteiger partial charge in [0.25, 0.3) is 11.6 Å². The minimum Gasteiger partial charge on any atom is -0.451 e. The highest BCUT2D eigenvalue weighted by Crippen LogP contribution is 2.28. The summed E-state index contributed by atoms with van der Waals surface area (Å²) in [6.07, 6.45) is 5.51. The van der Waals surface area contributed by atoms with Gasteiger partial charge in [0.15, 0.2) is 5.76 Å². The summed E-state index contributed by atoms with van der Waals surface area (Å²) in [5.41, 5.74) is 1.31. The molecule has 0 radical (unpaired) electrons. The van der Waals surface area contributed by atoms with Crippen molar-refractivity contribution in [3.63, 3.8) is 0 Å². The normalized spacial score (nSPS) is 15.2. The topological polar surface area (TPSA) is 85.4 Å². The zero-order valence-electron chi connectivity index (χ0n) is 13.6. The Balaban J connectivity index is 1.80. The third kappa shape index (κ3) is 3.48. The molecular weight excluding hydrogens is 308 g/mol. The van der Waals surface area contributed by atoms with Gasteiger partial charge in [-0.05, 0) is 25.8 Å². The Bertz CT molecular complexity index is 760. The smallest absolute Gasteiger partial charge is 0.287 e. The van der Waals surface area contributed by atoms with E-state index in [9.17, 15) is 14.9 Å². The summed E-state index contributed by atoms with van der Waals surface area (Å²) in [5.74, 6) is 0.531. The van der Waals surface area contributed by atoms with Crippen LogP contribution >= 0.6 is 0 Å². The fourth-order valence-corrected chi connectivity index (χ4v) is 3.12. The summed E-state index contributed by atoms with van der Waals surface area (Å²) in [6, 6.07) is 8.16. The molecule has 1 amide bonds. The van der Waals surface area contributed by atoms with Crippen molar-refractivity contribution in [3.05, 3.63) is 51.8 Å². The predicted octanol–water partition coefficient (Wildman–Crippen LogP) is 4.23. The Morgan fingerprint density at radius 2 is 2.00 bits per heavy atom. The van der Waals surface area contributed by atoms with Crippen molar-refractivity contribution in [3.8, 4) is 11.3 Å². The molecule has 6 heteroatoms. The molecule has 1 saturated carbocycles. The monoisotopic (exact) mass is 328 g/mol. The molecule has 0 unspecified atom stereocenters. The van der Waals surface area contributed by atoms with Crippen LogP contribution in [0.2, 0.25) is 0 Å². The molecule has 1 aliphatic carbocycles. The van der Waals surface area contributed by atoms with E-state index in [0.29, 0.717) is 11.3 Å². The minimum atomic E-state index is -0.448. The second-order valence-corrected chi connectivity index (χ2v) is 6.24. The maximum Gasteiger partial charge on any atom is 0.287 e. The van der Waals surface area contributed by atoms with Crippen LogP contribution in [0.3, 0.4) is 0 Å². The van der Waals surface area contributed by atoms with E-state index in [0.717, 1.165) is 31.2 Å². The number of hydrogen-bond acceptors (Lipinski definition) is 4. The Morgan fingerprint density at radius 1 is 1.25 bits per heavy atom. The molecule has 1 heterocycles. The van der Waals surface area contributed by atoms with Crippen molar-refractivity contribution >= 4 is 11.6 Å². The minimum absolute atomic E-state index is 0.00485. The quantitative estimate of drug-likeness (QED) is 0.672. The van der Waals surface area contributed by atoms with Crippen LogP contribution in [0.1, 0.15) is 48.2 Å². The number of nitro benzene ring substituents is 1. The number of aryl methyl sites for hydroxylation is 1. The third-order valence-corrected chi connectivity index (χ3v) is 4.41. The van der Waals surface area contributed by atoms with Gasteiger partial charge in [0.05, 0.1) is 4.92 Å². The number of hydrogen-bond donors (Lipinski definition) is 1. The van der Waals surface area contributed by atoms with E-state index in [1.165, 1.54) is 18.6 Å². The van der Waals surface area contributed by atoms with Gasteiger partial charge in [-0.3, -0.25) is 14.9 Å². The maximum atomic E-state index is 12.4. The predicted molar refractivity (Wildman–Crippen MR) is 89.9 cm³/mol. The third-order valence-electron chi connectivity index (χ3n) is 4.41. The van der Waals surface area contributed by atoms with Crippen LogP contribution in [0.25, 0.3) is 11.3 Å². The Morgan fingerprint density at radius 3 is 2.71 bits per heavy atom. The molecule has 0 atom stereocenters. The number of benzene rings is 1. The number of carbonyl (C=O) groups is 1. The fourth-order valence-electron chi connectivity index (χ4n) is 3.12. The molecule has 0 saturated heterocycles. The van der Waals surface area contributed by atoms with E-state index >= 15 is 0 Å². The Kier molecular flexibility index (Phi) is 4.64. The summed E-state index contributed by atoms with van der Waals surface area (Å²) in [5, 5.41) is 13.9. The average Bonchev–Trinajstić information content (AvgIpc) is 2.98.